The largest absolute Gasteiger partial charge is 0.384 e. The van der Waals surface area contributed by atoms with Gasteiger partial charge < -0.3 is 10.4 Å². The van der Waals surface area contributed by atoms with E-state index in [-0.39, 0.29) is 0 Å². The second kappa shape index (κ2) is 5.19. The Kier molecular flexibility index (Phi) is 3.85. The van der Waals surface area contributed by atoms with Crippen molar-refractivity contribution in [3.63, 3.8) is 0 Å². The van der Waals surface area contributed by atoms with Gasteiger partial charge in [-0.05, 0) is 43.4 Å². The molecule has 1 aromatic carbocycles. The van der Waals surface area contributed by atoms with Gasteiger partial charge in [0.2, 0.25) is 0 Å². The first-order chi connectivity index (χ1) is 8.20. The van der Waals surface area contributed by atoms with Crippen LogP contribution in [0, 0.1) is 5.92 Å². The third-order valence-electron chi connectivity index (χ3n) is 3.69. The highest BCUT2D eigenvalue weighted by Crippen LogP contribution is 2.45. The van der Waals surface area contributed by atoms with Crippen LogP contribution in [0.15, 0.2) is 24.3 Å². The lowest BCUT2D eigenvalue weighted by atomic mass is 9.88. The smallest absolute Gasteiger partial charge is 0.105 e. The fraction of sp³-hybridized carbons (Fsp3) is 0.600. The molecule has 2 N–H and O–H groups in total. The standard InChI is InChI=1S/C15H23NO/c1-3-4-12-5-7-13(8-6-12)15(17,11-16-2)14-9-10-14/h5-8,14,16-17H,3-4,9-11H2,1-2H3. The maximum Gasteiger partial charge on any atom is 0.105 e. The summed E-state index contributed by atoms with van der Waals surface area (Å²) in [5, 5.41) is 13.9. The van der Waals surface area contributed by atoms with Gasteiger partial charge in [-0.2, -0.15) is 0 Å². The molecule has 0 spiro atoms. The molecular formula is C15H23NO. The van der Waals surface area contributed by atoms with Crippen LogP contribution in [0.1, 0.15) is 37.3 Å². The summed E-state index contributed by atoms with van der Waals surface area (Å²) >= 11 is 0. The molecule has 0 heterocycles. The number of hydrogen-bond acceptors (Lipinski definition) is 2. The fourth-order valence-electron chi connectivity index (χ4n) is 2.56. The number of rotatable bonds is 6. The Morgan fingerprint density at radius 3 is 2.41 bits per heavy atom. The molecule has 0 aliphatic heterocycles. The van der Waals surface area contributed by atoms with E-state index in [4.69, 9.17) is 0 Å². The van der Waals surface area contributed by atoms with Crippen LogP contribution in [0.3, 0.4) is 0 Å². The number of hydrogen-bond donors (Lipinski definition) is 2. The second-order valence-electron chi connectivity index (χ2n) is 5.18. The van der Waals surface area contributed by atoms with Crippen molar-refractivity contribution in [1.82, 2.24) is 5.32 Å². The normalized spacial score (nSPS) is 19.0. The Morgan fingerprint density at radius 1 is 1.29 bits per heavy atom. The zero-order valence-electron chi connectivity index (χ0n) is 10.9. The first-order valence-electron chi connectivity index (χ1n) is 6.67. The van der Waals surface area contributed by atoms with Crippen LogP contribution in [0.2, 0.25) is 0 Å². The minimum absolute atomic E-state index is 0.437. The molecule has 2 nitrogen and oxygen atoms in total. The monoisotopic (exact) mass is 233 g/mol. The van der Waals surface area contributed by atoms with Gasteiger partial charge in [0.1, 0.15) is 5.60 Å². The number of aryl methyl sites for hydroxylation is 1. The van der Waals surface area contributed by atoms with E-state index in [9.17, 15) is 5.11 Å². The molecule has 2 rings (SSSR count). The highest BCUT2D eigenvalue weighted by Gasteiger charge is 2.44. The van der Waals surface area contributed by atoms with Gasteiger partial charge in [0.05, 0.1) is 0 Å². The van der Waals surface area contributed by atoms with E-state index in [1.807, 2.05) is 7.05 Å². The van der Waals surface area contributed by atoms with Crippen molar-refractivity contribution in [2.45, 2.75) is 38.2 Å². The second-order valence-corrected chi connectivity index (χ2v) is 5.18. The molecule has 1 aromatic rings. The Labute approximate surface area is 104 Å². The van der Waals surface area contributed by atoms with Gasteiger partial charge in [-0.3, -0.25) is 0 Å². The van der Waals surface area contributed by atoms with E-state index in [0.717, 1.165) is 24.8 Å². The van der Waals surface area contributed by atoms with Gasteiger partial charge in [0.15, 0.2) is 0 Å². The van der Waals surface area contributed by atoms with Gasteiger partial charge in [0.25, 0.3) is 0 Å². The summed E-state index contributed by atoms with van der Waals surface area (Å²) in [6.07, 6.45) is 4.58. The molecule has 0 saturated heterocycles. The Hall–Kier alpha value is -0.860. The van der Waals surface area contributed by atoms with E-state index in [2.05, 4.69) is 36.5 Å². The van der Waals surface area contributed by atoms with Crippen LogP contribution in [-0.4, -0.2) is 18.7 Å². The van der Waals surface area contributed by atoms with E-state index < -0.39 is 5.60 Å². The molecule has 1 atom stereocenters. The summed E-state index contributed by atoms with van der Waals surface area (Å²) in [7, 11) is 1.90. The Morgan fingerprint density at radius 2 is 1.94 bits per heavy atom. The summed E-state index contributed by atoms with van der Waals surface area (Å²) in [4.78, 5) is 0. The molecular weight excluding hydrogens is 210 g/mol. The molecule has 1 saturated carbocycles. The quantitative estimate of drug-likeness (QED) is 0.791. The van der Waals surface area contributed by atoms with E-state index in [1.54, 1.807) is 0 Å². The van der Waals surface area contributed by atoms with Crippen LogP contribution < -0.4 is 5.32 Å². The molecule has 1 fully saturated rings. The molecule has 1 aliphatic carbocycles. The highest BCUT2D eigenvalue weighted by atomic mass is 16.3. The van der Waals surface area contributed by atoms with Crippen molar-refractivity contribution in [3.05, 3.63) is 35.4 Å². The summed E-state index contributed by atoms with van der Waals surface area (Å²) in [5.41, 5.74) is 1.76. The number of nitrogens with one attached hydrogen (secondary N) is 1. The lowest BCUT2D eigenvalue weighted by Gasteiger charge is -2.28. The summed E-state index contributed by atoms with van der Waals surface area (Å²) < 4.78 is 0. The third-order valence-corrected chi connectivity index (χ3v) is 3.69. The molecule has 0 bridgehead atoms. The number of likely N-dealkylation sites (N-methyl/N-ethyl adjacent to an activating group) is 1. The summed E-state index contributed by atoms with van der Waals surface area (Å²) in [6, 6.07) is 8.50. The average Bonchev–Trinajstić information content (AvgIpc) is 3.15. The van der Waals surface area contributed by atoms with Crippen molar-refractivity contribution in [2.24, 2.45) is 5.92 Å². The summed E-state index contributed by atoms with van der Waals surface area (Å²) in [5.74, 6) is 0.437. The zero-order chi connectivity index (χ0) is 12.3. The zero-order valence-corrected chi connectivity index (χ0v) is 10.9. The maximum atomic E-state index is 10.8. The third kappa shape index (κ3) is 2.70. The highest BCUT2D eigenvalue weighted by molar-refractivity contribution is 5.29. The molecule has 17 heavy (non-hydrogen) atoms. The molecule has 0 amide bonds. The van der Waals surface area contributed by atoms with Crippen molar-refractivity contribution in [2.75, 3.05) is 13.6 Å². The summed E-state index contributed by atoms with van der Waals surface area (Å²) in [6.45, 7) is 2.83. The van der Waals surface area contributed by atoms with E-state index in [0.29, 0.717) is 12.5 Å². The van der Waals surface area contributed by atoms with Crippen LogP contribution in [0.25, 0.3) is 0 Å². The molecule has 0 aromatic heterocycles. The van der Waals surface area contributed by atoms with Gasteiger partial charge >= 0.3 is 0 Å². The number of aliphatic hydroxyl groups is 1. The van der Waals surface area contributed by atoms with Crippen molar-refractivity contribution < 1.29 is 5.11 Å². The van der Waals surface area contributed by atoms with Crippen LogP contribution in [-0.2, 0) is 12.0 Å². The van der Waals surface area contributed by atoms with Gasteiger partial charge in [-0.15, -0.1) is 0 Å². The first-order valence-corrected chi connectivity index (χ1v) is 6.67. The predicted octanol–water partition coefficient (Wildman–Crippen LogP) is 2.46. The van der Waals surface area contributed by atoms with Crippen molar-refractivity contribution in [1.29, 1.82) is 0 Å². The molecule has 1 aliphatic rings. The van der Waals surface area contributed by atoms with Crippen molar-refractivity contribution >= 4 is 0 Å². The topological polar surface area (TPSA) is 32.3 Å². The average molecular weight is 233 g/mol. The van der Waals surface area contributed by atoms with Crippen LogP contribution >= 0.6 is 0 Å². The SMILES string of the molecule is CCCc1ccc(C(O)(CNC)C2CC2)cc1. The first kappa shape index (κ1) is 12.6. The van der Waals surface area contributed by atoms with Gasteiger partial charge in [-0.1, -0.05) is 37.6 Å². The predicted molar refractivity (Wildman–Crippen MR) is 71.0 cm³/mol. The molecule has 1 unspecified atom stereocenters. The van der Waals surface area contributed by atoms with E-state index >= 15 is 0 Å². The molecule has 0 radical (unpaired) electrons. The van der Waals surface area contributed by atoms with Gasteiger partial charge in [-0.25, -0.2) is 0 Å². The lowest BCUT2D eigenvalue weighted by molar-refractivity contribution is 0.0153. The fourth-order valence-corrected chi connectivity index (χ4v) is 2.56. The van der Waals surface area contributed by atoms with Crippen molar-refractivity contribution in [3.8, 4) is 0 Å². The Balaban J connectivity index is 2.18. The minimum Gasteiger partial charge on any atom is -0.384 e. The molecule has 2 heteroatoms. The maximum absolute atomic E-state index is 10.8. The Bertz CT molecular complexity index is 356. The minimum atomic E-state index is -0.667. The van der Waals surface area contributed by atoms with Crippen LogP contribution in [0.4, 0.5) is 0 Å². The van der Waals surface area contributed by atoms with Crippen LogP contribution in [0.5, 0.6) is 0 Å². The van der Waals surface area contributed by atoms with E-state index in [1.165, 1.54) is 12.0 Å². The number of benzene rings is 1. The van der Waals surface area contributed by atoms with Gasteiger partial charge in [0, 0.05) is 6.54 Å². The lowest BCUT2D eigenvalue weighted by Crippen LogP contribution is -2.38. The molecule has 94 valence electrons.